The Kier molecular flexibility index (Phi) is 6.83. The third kappa shape index (κ3) is 4.74. The standard InChI is InChI=1S/C24H27NO4/c1-4-23(26)25-19-13-17(12-18(14-19)24(27)29-3)21-10-7-11-22(21)20-9-6-5-8-16(20)15-28-2/h5-6,8-9,12-14H,4,7,10-11,15H2,1-3H3,(H,25,26). The monoisotopic (exact) mass is 393 g/mol. The van der Waals surface area contributed by atoms with Crippen LogP contribution < -0.4 is 5.32 Å². The minimum absolute atomic E-state index is 0.0935. The molecule has 0 aromatic heterocycles. The van der Waals surface area contributed by atoms with E-state index in [9.17, 15) is 9.59 Å². The molecule has 0 bridgehead atoms. The van der Waals surface area contributed by atoms with Gasteiger partial charge in [-0.05, 0) is 65.3 Å². The summed E-state index contributed by atoms with van der Waals surface area (Å²) in [4.78, 5) is 24.1. The van der Waals surface area contributed by atoms with E-state index in [1.54, 1.807) is 20.1 Å². The molecule has 1 N–H and O–H groups in total. The maximum absolute atomic E-state index is 12.2. The molecule has 0 aliphatic heterocycles. The summed E-state index contributed by atoms with van der Waals surface area (Å²) in [6.45, 7) is 2.34. The molecule has 1 aliphatic rings. The van der Waals surface area contributed by atoms with Gasteiger partial charge in [-0.2, -0.15) is 0 Å². The van der Waals surface area contributed by atoms with Gasteiger partial charge in [0.2, 0.25) is 5.91 Å². The number of carbonyl (C=O) groups excluding carboxylic acids is 2. The molecule has 1 aliphatic carbocycles. The number of methoxy groups -OCH3 is 2. The lowest BCUT2D eigenvalue weighted by molar-refractivity contribution is -0.115. The van der Waals surface area contributed by atoms with Crippen molar-refractivity contribution in [3.05, 3.63) is 64.7 Å². The normalized spacial score (nSPS) is 13.5. The Morgan fingerprint density at radius 2 is 1.79 bits per heavy atom. The summed E-state index contributed by atoms with van der Waals surface area (Å²) in [5.74, 6) is -0.511. The highest BCUT2D eigenvalue weighted by Crippen LogP contribution is 2.41. The summed E-state index contributed by atoms with van der Waals surface area (Å²) < 4.78 is 10.3. The average Bonchev–Trinajstić information content (AvgIpc) is 3.23. The van der Waals surface area contributed by atoms with Crippen molar-refractivity contribution < 1.29 is 19.1 Å². The smallest absolute Gasteiger partial charge is 0.337 e. The first-order valence-corrected chi connectivity index (χ1v) is 9.90. The molecule has 0 spiro atoms. The number of hydrogen-bond donors (Lipinski definition) is 1. The van der Waals surface area contributed by atoms with E-state index < -0.39 is 5.97 Å². The quantitative estimate of drug-likeness (QED) is 0.668. The zero-order valence-corrected chi connectivity index (χ0v) is 17.2. The molecule has 1 amide bonds. The van der Waals surface area contributed by atoms with Crippen molar-refractivity contribution in [2.45, 2.75) is 39.2 Å². The summed E-state index contributed by atoms with van der Waals surface area (Å²) in [6, 6.07) is 13.7. The molecule has 0 fully saturated rings. The molecule has 0 saturated heterocycles. The van der Waals surface area contributed by atoms with E-state index in [1.807, 2.05) is 24.3 Å². The van der Waals surface area contributed by atoms with Gasteiger partial charge in [0, 0.05) is 19.2 Å². The lowest BCUT2D eigenvalue weighted by Crippen LogP contribution is -2.11. The average molecular weight is 393 g/mol. The molecule has 29 heavy (non-hydrogen) atoms. The van der Waals surface area contributed by atoms with Crippen LogP contribution in [0.2, 0.25) is 0 Å². The Morgan fingerprint density at radius 3 is 2.52 bits per heavy atom. The Labute approximate surface area is 171 Å². The number of allylic oxidation sites excluding steroid dienone is 2. The Hall–Kier alpha value is -2.92. The third-order valence-corrected chi connectivity index (χ3v) is 5.17. The fraction of sp³-hybridized carbons (Fsp3) is 0.333. The van der Waals surface area contributed by atoms with Crippen LogP contribution in [0.25, 0.3) is 11.1 Å². The SMILES string of the molecule is CCC(=O)Nc1cc(C(=O)OC)cc(C2=C(c3ccccc3COC)CCC2)c1. The van der Waals surface area contributed by atoms with Crippen molar-refractivity contribution in [2.75, 3.05) is 19.5 Å². The van der Waals surface area contributed by atoms with E-state index in [2.05, 4.69) is 17.4 Å². The van der Waals surface area contributed by atoms with Crippen molar-refractivity contribution in [3.63, 3.8) is 0 Å². The topological polar surface area (TPSA) is 64.6 Å². The zero-order chi connectivity index (χ0) is 20.8. The van der Waals surface area contributed by atoms with Crippen LogP contribution in [0.5, 0.6) is 0 Å². The van der Waals surface area contributed by atoms with Crippen LogP contribution in [0.15, 0.2) is 42.5 Å². The van der Waals surface area contributed by atoms with E-state index in [0.717, 1.165) is 30.4 Å². The number of anilines is 1. The van der Waals surface area contributed by atoms with Crippen molar-refractivity contribution in [1.82, 2.24) is 0 Å². The van der Waals surface area contributed by atoms with E-state index in [0.29, 0.717) is 24.3 Å². The molecule has 0 heterocycles. The minimum atomic E-state index is -0.418. The number of esters is 1. The summed E-state index contributed by atoms with van der Waals surface area (Å²) in [5, 5.41) is 2.87. The summed E-state index contributed by atoms with van der Waals surface area (Å²) >= 11 is 0. The second-order valence-corrected chi connectivity index (χ2v) is 7.09. The summed E-state index contributed by atoms with van der Waals surface area (Å²) in [5.41, 5.74) is 6.79. The first kappa shape index (κ1) is 20.8. The van der Waals surface area contributed by atoms with Gasteiger partial charge in [0.15, 0.2) is 0 Å². The van der Waals surface area contributed by atoms with Gasteiger partial charge in [0.25, 0.3) is 0 Å². The van der Waals surface area contributed by atoms with Gasteiger partial charge in [-0.25, -0.2) is 4.79 Å². The molecule has 0 unspecified atom stereocenters. The van der Waals surface area contributed by atoms with Crippen LogP contribution in [0.3, 0.4) is 0 Å². The molecular formula is C24H27NO4. The first-order valence-electron chi connectivity index (χ1n) is 9.90. The molecule has 5 nitrogen and oxygen atoms in total. The second kappa shape index (κ2) is 9.52. The predicted molar refractivity (Wildman–Crippen MR) is 115 cm³/mol. The Bertz CT molecular complexity index is 946. The zero-order valence-electron chi connectivity index (χ0n) is 17.2. The molecule has 152 valence electrons. The van der Waals surface area contributed by atoms with Crippen LogP contribution in [0.4, 0.5) is 5.69 Å². The van der Waals surface area contributed by atoms with E-state index >= 15 is 0 Å². The lowest BCUT2D eigenvalue weighted by atomic mass is 9.93. The van der Waals surface area contributed by atoms with Gasteiger partial charge in [-0.15, -0.1) is 0 Å². The number of hydrogen-bond acceptors (Lipinski definition) is 4. The third-order valence-electron chi connectivity index (χ3n) is 5.17. The number of carbonyl (C=O) groups is 2. The molecule has 2 aromatic rings. The van der Waals surface area contributed by atoms with Crippen LogP contribution >= 0.6 is 0 Å². The molecule has 2 aromatic carbocycles. The molecule has 5 heteroatoms. The van der Waals surface area contributed by atoms with Crippen molar-refractivity contribution >= 4 is 28.7 Å². The number of nitrogens with one attached hydrogen (secondary N) is 1. The largest absolute Gasteiger partial charge is 0.465 e. The van der Waals surface area contributed by atoms with Crippen LogP contribution in [0.1, 0.15) is 59.7 Å². The van der Waals surface area contributed by atoms with Gasteiger partial charge in [-0.3, -0.25) is 4.79 Å². The minimum Gasteiger partial charge on any atom is -0.465 e. The Morgan fingerprint density at radius 1 is 1.03 bits per heavy atom. The highest BCUT2D eigenvalue weighted by atomic mass is 16.5. The van der Waals surface area contributed by atoms with Crippen LogP contribution in [0, 0.1) is 0 Å². The number of amides is 1. The first-order chi connectivity index (χ1) is 14.1. The summed E-state index contributed by atoms with van der Waals surface area (Å²) in [7, 11) is 3.06. The maximum atomic E-state index is 12.2. The maximum Gasteiger partial charge on any atom is 0.337 e. The Balaban J connectivity index is 2.12. The second-order valence-electron chi connectivity index (χ2n) is 7.09. The lowest BCUT2D eigenvalue weighted by Gasteiger charge is -2.15. The van der Waals surface area contributed by atoms with Crippen molar-refractivity contribution in [2.24, 2.45) is 0 Å². The van der Waals surface area contributed by atoms with Crippen LogP contribution in [-0.4, -0.2) is 26.1 Å². The number of benzene rings is 2. The highest BCUT2D eigenvalue weighted by molar-refractivity contribution is 5.99. The van der Waals surface area contributed by atoms with E-state index in [-0.39, 0.29) is 5.91 Å². The fourth-order valence-corrected chi connectivity index (χ4v) is 3.81. The van der Waals surface area contributed by atoms with Gasteiger partial charge >= 0.3 is 5.97 Å². The number of ether oxygens (including phenoxy) is 2. The molecule has 0 saturated carbocycles. The molecule has 0 atom stereocenters. The molecule has 3 rings (SSSR count). The van der Waals surface area contributed by atoms with Crippen molar-refractivity contribution in [1.29, 1.82) is 0 Å². The fourth-order valence-electron chi connectivity index (χ4n) is 3.81. The van der Waals surface area contributed by atoms with E-state index in [4.69, 9.17) is 9.47 Å². The summed E-state index contributed by atoms with van der Waals surface area (Å²) in [6.07, 6.45) is 3.30. The van der Waals surface area contributed by atoms with Gasteiger partial charge in [-0.1, -0.05) is 31.2 Å². The van der Waals surface area contributed by atoms with Gasteiger partial charge in [0.05, 0.1) is 19.3 Å². The molecular weight excluding hydrogens is 366 g/mol. The van der Waals surface area contributed by atoms with Gasteiger partial charge in [0.1, 0.15) is 0 Å². The molecule has 0 radical (unpaired) electrons. The van der Waals surface area contributed by atoms with E-state index in [1.165, 1.54) is 23.8 Å². The van der Waals surface area contributed by atoms with Gasteiger partial charge < -0.3 is 14.8 Å². The predicted octanol–water partition coefficient (Wildman–Crippen LogP) is 5.06. The highest BCUT2D eigenvalue weighted by Gasteiger charge is 2.21. The number of rotatable bonds is 7. The van der Waals surface area contributed by atoms with Crippen LogP contribution in [-0.2, 0) is 20.9 Å². The van der Waals surface area contributed by atoms with Crippen molar-refractivity contribution in [3.8, 4) is 0 Å².